The summed E-state index contributed by atoms with van der Waals surface area (Å²) in [4.78, 5) is 14.1. The van der Waals surface area contributed by atoms with Crippen LogP contribution in [0.3, 0.4) is 0 Å². The minimum absolute atomic E-state index is 0.175. The second-order valence-electron chi connectivity index (χ2n) is 6.43. The van der Waals surface area contributed by atoms with Crippen molar-refractivity contribution in [2.45, 2.75) is 84.0 Å². The zero-order chi connectivity index (χ0) is 14.6. The lowest BCUT2D eigenvalue weighted by Crippen LogP contribution is -2.56. The lowest BCUT2D eigenvalue weighted by Gasteiger charge is -2.37. The van der Waals surface area contributed by atoms with Gasteiger partial charge in [0.2, 0.25) is 0 Å². The molecule has 0 aromatic heterocycles. The second-order valence-corrected chi connectivity index (χ2v) is 6.43. The molecule has 1 aliphatic rings. The van der Waals surface area contributed by atoms with Crippen molar-refractivity contribution in [1.82, 2.24) is 10.2 Å². The lowest BCUT2D eigenvalue weighted by atomic mass is 9.91. The highest BCUT2D eigenvalue weighted by Gasteiger charge is 2.38. The quantitative estimate of drug-likeness (QED) is 0.746. The molecule has 0 spiro atoms. The Morgan fingerprint density at radius 2 is 2.11 bits per heavy atom. The van der Waals surface area contributed by atoms with Gasteiger partial charge in [0.05, 0.1) is 0 Å². The molecule has 0 amide bonds. The van der Waals surface area contributed by atoms with Crippen LogP contribution in [0.5, 0.6) is 0 Å². The van der Waals surface area contributed by atoms with Crippen LogP contribution in [0.15, 0.2) is 0 Å². The van der Waals surface area contributed by atoms with Crippen LogP contribution in [0.25, 0.3) is 0 Å². The first-order valence-corrected chi connectivity index (χ1v) is 7.57. The molecular formula is C15H30N2O2. The van der Waals surface area contributed by atoms with Gasteiger partial charge in [-0.25, -0.2) is 0 Å². The van der Waals surface area contributed by atoms with E-state index in [0.29, 0.717) is 18.5 Å². The third-order valence-electron chi connectivity index (χ3n) is 4.24. The maximum atomic E-state index is 11.6. The predicted molar refractivity (Wildman–Crippen MR) is 78.4 cm³/mol. The van der Waals surface area contributed by atoms with Gasteiger partial charge < -0.3 is 5.11 Å². The molecule has 0 saturated carbocycles. The largest absolute Gasteiger partial charge is 0.480 e. The Hall–Kier alpha value is -0.610. The fraction of sp³-hybridized carbons (Fsp3) is 0.933. The van der Waals surface area contributed by atoms with Crippen molar-refractivity contribution in [3.8, 4) is 0 Å². The van der Waals surface area contributed by atoms with Crippen LogP contribution >= 0.6 is 0 Å². The van der Waals surface area contributed by atoms with Crippen LogP contribution in [-0.4, -0.2) is 46.2 Å². The molecule has 0 aromatic carbocycles. The topological polar surface area (TPSA) is 52.6 Å². The molecular weight excluding hydrogens is 240 g/mol. The van der Waals surface area contributed by atoms with E-state index in [1.165, 1.54) is 12.8 Å². The Kier molecular flexibility index (Phi) is 5.81. The molecule has 3 atom stereocenters. The number of nitrogens with zero attached hydrogens (tertiary/aromatic N) is 1. The molecule has 0 aliphatic carbocycles. The van der Waals surface area contributed by atoms with Gasteiger partial charge in [-0.1, -0.05) is 6.92 Å². The first-order chi connectivity index (χ1) is 8.80. The van der Waals surface area contributed by atoms with Crippen molar-refractivity contribution in [3.05, 3.63) is 0 Å². The monoisotopic (exact) mass is 270 g/mol. The summed E-state index contributed by atoms with van der Waals surface area (Å²) in [6.07, 6.45) is 4.30. The molecule has 1 rings (SSSR count). The van der Waals surface area contributed by atoms with Gasteiger partial charge in [0.1, 0.15) is 5.54 Å². The Balaban J connectivity index is 2.71. The number of rotatable bonds is 7. The van der Waals surface area contributed by atoms with Crippen molar-refractivity contribution in [2.75, 3.05) is 6.54 Å². The van der Waals surface area contributed by atoms with E-state index in [9.17, 15) is 9.90 Å². The summed E-state index contributed by atoms with van der Waals surface area (Å²) in [6, 6.07) is 1.11. The molecule has 1 saturated heterocycles. The van der Waals surface area contributed by atoms with Gasteiger partial charge in [-0.2, -0.15) is 0 Å². The van der Waals surface area contributed by atoms with E-state index in [-0.39, 0.29) is 6.04 Å². The van der Waals surface area contributed by atoms with Crippen molar-refractivity contribution < 1.29 is 9.90 Å². The van der Waals surface area contributed by atoms with E-state index < -0.39 is 11.5 Å². The molecule has 3 unspecified atom stereocenters. The summed E-state index contributed by atoms with van der Waals surface area (Å²) in [6.45, 7) is 11.3. The van der Waals surface area contributed by atoms with E-state index >= 15 is 0 Å². The van der Waals surface area contributed by atoms with Gasteiger partial charge in [0.15, 0.2) is 0 Å². The summed E-state index contributed by atoms with van der Waals surface area (Å²) in [5, 5.41) is 12.7. The van der Waals surface area contributed by atoms with Crippen molar-refractivity contribution in [3.63, 3.8) is 0 Å². The molecule has 0 aromatic rings. The Labute approximate surface area is 117 Å². The number of likely N-dealkylation sites (tertiary alicyclic amines) is 1. The van der Waals surface area contributed by atoms with Crippen molar-refractivity contribution >= 4 is 5.97 Å². The molecule has 1 aliphatic heterocycles. The highest BCUT2D eigenvalue weighted by Crippen LogP contribution is 2.26. The molecule has 0 bridgehead atoms. The maximum absolute atomic E-state index is 11.6. The third kappa shape index (κ3) is 4.18. The maximum Gasteiger partial charge on any atom is 0.323 e. The second kappa shape index (κ2) is 6.71. The van der Waals surface area contributed by atoms with Crippen LogP contribution in [-0.2, 0) is 4.79 Å². The van der Waals surface area contributed by atoms with Crippen LogP contribution in [0, 0.1) is 0 Å². The summed E-state index contributed by atoms with van der Waals surface area (Å²) >= 11 is 0. The number of nitrogens with one attached hydrogen (secondary N) is 1. The number of aliphatic carboxylic acids is 1. The van der Waals surface area contributed by atoms with Crippen molar-refractivity contribution in [2.24, 2.45) is 0 Å². The summed E-state index contributed by atoms with van der Waals surface area (Å²) in [5.74, 6) is -0.750. The zero-order valence-electron chi connectivity index (χ0n) is 13.1. The fourth-order valence-corrected chi connectivity index (χ4v) is 3.43. The molecule has 1 fully saturated rings. The molecule has 2 N–H and O–H groups in total. The van der Waals surface area contributed by atoms with Gasteiger partial charge in [0, 0.05) is 18.1 Å². The Morgan fingerprint density at radius 1 is 1.47 bits per heavy atom. The van der Waals surface area contributed by atoms with Gasteiger partial charge in [-0.05, 0) is 59.9 Å². The highest BCUT2D eigenvalue weighted by molar-refractivity contribution is 5.78. The minimum atomic E-state index is -0.839. The molecule has 19 heavy (non-hydrogen) atoms. The van der Waals surface area contributed by atoms with Gasteiger partial charge in [-0.15, -0.1) is 0 Å². The van der Waals surface area contributed by atoms with Crippen LogP contribution < -0.4 is 5.32 Å². The van der Waals surface area contributed by atoms with Crippen LogP contribution in [0.4, 0.5) is 0 Å². The van der Waals surface area contributed by atoms with E-state index in [0.717, 1.165) is 13.0 Å². The predicted octanol–water partition coefficient (Wildman–Crippen LogP) is 2.48. The minimum Gasteiger partial charge on any atom is -0.480 e. The smallest absolute Gasteiger partial charge is 0.323 e. The molecule has 0 radical (unpaired) electrons. The van der Waals surface area contributed by atoms with E-state index in [4.69, 9.17) is 0 Å². The van der Waals surface area contributed by atoms with E-state index in [2.05, 4.69) is 24.1 Å². The van der Waals surface area contributed by atoms with Gasteiger partial charge in [-0.3, -0.25) is 15.0 Å². The highest BCUT2D eigenvalue weighted by atomic mass is 16.4. The Bertz CT molecular complexity index is 307. The first-order valence-electron chi connectivity index (χ1n) is 7.57. The molecule has 4 nitrogen and oxygen atoms in total. The Morgan fingerprint density at radius 3 is 2.58 bits per heavy atom. The zero-order valence-corrected chi connectivity index (χ0v) is 13.1. The number of hydrogen-bond acceptors (Lipinski definition) is 3. The summed E-state index contributed by atoms with van der Waals surface area (Å²) in [5.41, 5.74) is -0.839. The van der Waals surface area contributed by atoms with Crippen LogP contribution in [0.2, 0.25) is 0 Å². The normalized spacial score (nSPS) is 25.5. The van der Waals surface area contributed by atoms with Gasteiger partial charge in [0.25, 0.3) is 0 Å². The lowest BCUT2D eigenvalue weighted by molar-refractivity contribution is -0.145. The summed E-state index contributed by atoms with van der Waals surface area (Å²) < 4.78 is 0. The number of carboxylic acids is 1. The van der Waals surface area contributed by atoms with E-state index in [1.54, 1.807) is 0 Å². The SMILES string of the molecule is CCC1CCCN1C(C)CC(C)(NC(C)C)C(=O)O. The van der Waals surface area contributed by atoms with Gasteiger partial charge >= 0.3 is 5.97 Å². The standard InChI is InChI=1S/C15H30N2O2/c1-6-13-8-7-9-17(13)12(4)10-15(5,14(18)19)16-11(2)3/h11-13,16H,6-10H2,1-5H3,(H,18,19). The molecule has 4 heteroatoms. The molecule has 1 heterocycles. The fourth-order valence-electron chi connectivity index (χ4n) is 3.43. The summed E-state index contributed by atoms with van der Waals surface area (Å²) in [7, 11) is 0. The average molecular weight is 270 g/mol. The third-order valence-corrected chi connectivity index (χ3v) is 4.24. The molecule has 112 valence electrons. The van der Waals surface area contributed by atoms with Crippen molar-refractivity contribution in [1.29, 1.82) is 0 Å². The number of hydrogen-bond donors (Lipinski definition) is 2. The number of carboxylic acid groups (broad SMARTS) is 1. The van der Waals surface area contributed by atoms with E-state index in [1.807, 2.05) is 20.8 Å². The first kappa shape index (κ1) is 16.4. The van der Waals surface area contributed by atoms with Crippen LogP contribution in [0.1, 0.15) is 60.3 Å². The number of carbonyl (C=O) groups is 1. The average Bonchev–Trinajstić information content (AvgIpc) is 2.75.